The molecule has 0 unspecified atom stereocenters. The number of pyridine rings is 1. The van der Waals surface area contributed by atoms with Crippen molar-refractivity contribution in [1.82, 2.24) is 4.98 Å². The lowest BCUT2D eigenvalue weighted by molar-refractivity contribution is 0.315. The first-order valence-electron chi connectivity index (χ1n) is 3.58. The fraction of sp³-hybridized carbons (Fsp3) is 0.375. The highest BCUT2D eigenvalue weighted by Crippen LogP contribution is 2.06. The van der Waals surface area contributed by atoms with Gasteiger partial charge in [0.05, 0.1) is 0 Å². The Morgan fingerprint density at radius 1 is 1.64 bits per heavy atom. The van der Waals surface area contributed by atoms with Gasteiger partial charge in [-0.25, -0.2) is 4.98 Å². The van der Waals surface area contributed by atoms with Crippen LogP contribution >= 0.6 is 0 Å². The quantitative estimate of drug-likeness (QED) is 0.694. The van der Waals surface area contributed by atoms with Crippen molar-refractivity contribution in [3.05, 3.63) is 23.9 Å². The second kappa shape index (κ2) is 3.93. The number of hydrogen-bond donors (Lipinski definition) is 1. The first-order valence-corrected chi connectivity index (χ1v) is 3.58. The smallest absolute Gasteiger partial charge is 0.213 e. The summed E-state index contributed by atoms with van der Waals surface area (Å²) in [6.07, 6.45) is 1.72. The van der Waals surface area contributed by atoms with E-state index >= 15 is 0 Å². The average Bonchev–Trinajstić information content (AvgIpc) is 2.01. The first-order chi connectivity index (χ1) is 5.33. The van der Waals surface area contributed by atoms with E-state index < -0.39 is 0 Å². The van der Waals surface area contributed by atoms with Crippen LogP contribution in [0.4, 0.5) is 0 Å². The number of aromatic nitrogens is 1. The van der Waals surface area contributed by atoms with Gasteiger partial charge in [0.2, 0.25) is 5.88 Å². The molecule has 0 bridgehead atoms. The monoisotopic (exact) mass is 152 g/mol. The zero-order valence-electron chi connectivity index (χ0n) is 6.58. The van der Waals surface area contributed by atoms with E-state index in [4.69, 9.17) is 10.5 Å². The van der Waals surface area contributed by atoms with Gasteiger partial charge in [-0.05, 0) is 18.6 Å². The predicted octanol–water partition coefficient (Wildman–Crippen LogP) is 0.728. The minimum Gasteiger partial charge on any atom is -0.476 e. The van der Waals surface area contributed by atoms with Gasteiger partial charge in [-0.1, -0.05) is 0 Å². The molecular formula is C8H12N2O. The third kappa shape index (κ3) is 2.55. The summed E-state index contributed by atoms with van der Waals surface area (Å²) in [6, 6.07) is 3.81. The summed E-state index contributed by atoms with van der Waals surface area (Å²) >= 11 is 0. The zero-order valence-corrected chi connectivity index (χ0v) is 6.58. The molecule has 0 amide bonds. The van der Waals surface area contributed by atoms with Crippen molar-refractivity contribution in [3.63, 3.8) is 0 Å². The van der Waals surface area contributed by atoms with Gasteiger partial charge >= 0.3 is 0 Å². The molecule has 0 atom stereocenters. The molecule has 3 nitrogen and oxygen atoms in total. The molecule has 1 aromatic heterocycles. The molecule has 0 radical (unpaired) electrons. The van der Waals surface area contributed by atoms with Crippen LogP contribution in [0.25, 0.3) is 0 Å². The van der Waals surface area contributed by atoms with Crippen LogP contribution < -0.4 is 10.5 Å². The Hall–Kier alpha value is -1.09. The Kier molecular flexibility index (Phi) is 2.86. The van der Waals surface area contributed by atoms with Crippen LogP contribution in [0.5, 0.6) is 5.88 Å². The number of rotatable bonds is 3. The van der Waals surface area contributed by atoms with E-state index in [2.05, 4.69) is 4.98 Å². The van der Waals surface area contributed by atoms with Crippen LogP contribution in [0.2, 0.25) is 0 Å². The number of nitrogens with zero attached hydrogens (tertiary/aromatic N) is 1. The minimum atomic E-state index is 0.523. The molecule has 60 valence electrons. The van der Waals surface area contributed by atoms with Crippen molar-refractivity contribution in [1.29, 1.82) is 0 Å². The highest BCUT2D eigenvalue weighted by Gasteiger charge is 1.92. The maximum Gasteiger partial charge on any atom is 0.213 e. The SMILES string of the molecule is Cc1ccnc(OCCN)c1. The summed E-state index contributed by atoms with van der Waals surface area (Å²) in [5.41, 5.74) is 6.41. The van der Waals surface area contributed by atoms with Crippen molar-refractivity contribution in [3.8, 4) is 5.88 Å². The second-order valence-electron chi connectivity index (χ2n) is 2.31. The van der Waals surface area contributed by atoms with E-state index in [1.165, 1.54) is 0 Å². The molecule has 1 heterocycles. The highest BCUT2D eigenvalue weighted by molar-refractivity contribution is 5.18. The van der Waals surface area contributed by atoms with Crippen LogP contribution in [-0.4, -0.2) is 18.1 Å². The van der Waals surface area contributed by atoms with E-state index in [1.807, 2.05) is 19.1 Å². The first kappa shape index (κ1) is 8.01. The Morgan fingerprint density at radius 3 is 3.09 bits per heavy atom. The number of aryl methyl sites for hydroxylation is 1. The molecule has 0 aliphatic rings. The normalized spacial score (nSPS) is 9.64. The summed E-state index contributed by atoms with van der Waals surface area (Å²) in [4.78, 5) is 4.00. The summed E-state index contributed by atoms with van der Waals surface area (Å²) in [5, 5.41) is 0. The van der Waals surface area contributed by atoms with E-state index in [-0.39, 0.29) is 0 Å². The second-order valence-corrected chi connectivity index (χ2v) is 2.31. The lowest BCUT2D eigenvalue weighted by Gasteiger charge is -2.02. The molecule has 2 N–H and O–H groups in total. The van der Waals surface area contributed by atoms with Crippen LogP contribution in [0.15, 0.2) is 18.3 Å². The highest BCUT2D eigenvalue weighted by atomic mass is 16.5. The molecule has 3 heteroatoms. The van der Waals surface area contributed by atoms with Crippen LogP contribution in [0.3, 0.4) is 0 Å². The molecule has 1 aromatic rings. The van der Waals surface area contributed by atoms with Crippen LogP contribution in [0.1, 0.15) is 5.56 Å². The number of ether oxygens (including phenoxy) is 1. The molecule has 11 heavy (non-hydrogen) atoms. The predicted molar refractivity (Wildman–Crippen MR) is 43.5 cm³/mol. The average molecular weight is 152 g/mol. The third-order valence-corrected chi connectivity index (χ3v) is 1.26. The van der Waals surface area contributed by atoms with Gasteiger partial charge in [0.1, 0.15) is 6.61 Å². The van der Waals surface area contributed by atoms with Crippen molar-refractivity contribution in [2.45, 2.75) is 6.92 Å². The van der Waals surface area contributed by atoms with E-state index in [0.29, 0.717) is 19.0 Å². The molecule has 1 rings (SSSR count). The van der Waals surface area contributed by atoms with Gasteiger partial charge in [-0.3, -0.25) is 0 Å². The van der Waals surface area contributed by atoms with Gasteiger partial charge in [0, 0.05) is 18.8 Å². The number of hydrogen-bond acceptors (Lipinski definition) is 3. The molecule has 0 fully saturated rings. The maximum absolute atomic E-state index is 5.26. The summed E-state index contributed by atoms with van der Waals surface area (Å²) < 4.78 is 5.20. The van der Waals surface area contributed by atoms with Crippen LogP contribution in [-0.2, 0) is 0 Å². The van der Waals surface area contributed by atoms with Gasteiger partial charge < -0.3 is 10.5 Å². The Balaban J connectivity index is 2.56. The van der Waals surface area contributed by atoms with Crippen molar-refractivity contribution < 1.29 is 4.74 Å². The molecule has 0 aliphatic heterocycles. The zero-order chi connectivity index (χ0) is 8.10. The molecule has 0 saturated heterocycles. The third-order valence-electron chi connectivity index (χ3n) is 1.26. The topological polar surface area (TPSA) is 48.1 Å². The Labute approximate surface area is 66.2 Å². The fourth-order valence-electron chi connectivity index (χ4n) is 0.751. The standard InChI is InChI=1S/C8H12N2O/c1-7-2-4-10-8(6-7)11-5-3-9/h2,4,6H,3,5,9H2,1H3. The van der Waals surface area contributed by atoms with Gasteiger partial charge in [0.25, 0.3) is 0 Å². The fourth-order valence-corrected chi connectivity index (χ4v) is 0.751. The minimum absolute atomic E-state index is 0.523. The largest absolute Gasteiger partial charge is 0.476 e. The van der Waals surface area contributed by atoms with Crippen molar-refractivity contribution in [2.75, 3.05) is 13.2 Å². The summed E-state index contributed by atoms with van der Waals surface area (Å²) in [7, 11) is 0. The van der Waals surface area contributed by atoms with E-state index in [1.54, 1.807) is 6.20 Å². The lowest BCUT2D eigenvalue weighted by atomic mass is 10.3. The molecule has 0 saturated carbocycles. The molecule has 0 aromatic carbocycles. The van der Waals surface area contributed by atoms with Gasteiger partial charge in [-0.2, -0.15) is 0 Å². The Bertz CT molecular complexity index is 225. The lowest BCUT2D eigenvalue weighted by Crippen LogP contribution is -2.11. The van der Waals surface area contributed by atoms with E-state index in [0.717, 1.165) is 5.56 Å². The van der Waals surface area contributed by atoms with Crippen molar-refractivity contribution in [2.24, 2.45) is 5.73 Å². The van der Waals surface area contributed by atoms with Crippen molar-refractivity contribution >= 4 is 0 Å². The summed E-state index contributed by atoms with van der Waals surface area (Å²) in [5.74, 6) is 0.649. The van der Waals surface area contributed by atoms with E-state index in [9.17, 15) is 0 Å². The maximum atomic E-state index is 5.26. The molecule has 0 spiro atoms. The van der Waals surface area contributed by atoms with Gasteiger partial charge in [-0.15, -0.1) is 0 Å². The van der Waals surface area contributed by atoms with Crippen LogP contribution in [0, 0.1) is 6.92 Å². The number of nitrogens with two attached hydrogens (primary N) is 1. The molecular weight excluding hydrogens is 140 g/mol. The van der Waals surface area contributed by atoms with Gasteiger partial charge in [0.15, 0.2) is 0 Å². The summed E-state index contributed by atoms with van der Waals surface area (Å²) in [6.45, 7) is 3.04. The molecule has 0 aliphatic carbocycles. The Morgan fingerprint density at radius 2 is 2.45 bits per heavy atom.